The Morgan fingerprint density at radius 1 is 1.25 bits per heavy atom. The highest BCUT2D eigenvalue weighted by atomic mass is 127. The van der Waals surface area contributed by atoms with Gasteiger partial charge in [-0.15, -0.1) is 24.0 Å². The van der Waals surface area contributed by atoms with Gasteiger partial charge in [-0.25, -0.2) is 12.7 Å². The molecule has 0 saturated carbocycles. The number of nitrogens with one attached hydrogen (secondary N) is 2. The number of aliphatic imine (C=N–C) groups is 1. The van der Waals surface area contributed by atoms with Crippen LogP contribution in [0.1, 0.15) is 18.4 Å². The molecule has 1 aromatic rings. The lowest BCUT2D eigenvalue weighted by Crippen LogP contribution is -2.42. The predicted molar refractivity (Wildman–Crippen MR) is 108 cm³/mol. The number of benzene rings is 1. The molecule has 134 valence electrons. The number of hydrogen-bond donors (Lipinski definition) is 2. The van der Waals surface area contributed by atoms with Gasteiger partial charge in [-0.2, -0.15) is 0 Å². The summed E-state index contributed by atoms with van der Waals surface area (Å²) in [5.74, 6) is 0.677. The van der Waals surface area contributed by atoms with E-state index in [0.717, 1.165) is 12.8 Å². The maximum atomic E-state index is 12.4. The summed E-state index contributed by atoms with van der Waals surface area (Å²) in [5, 5.41) is 6.53. The van der Waals surface area contributed by atoms with E-state index in [0.29, 0.717) is 29.0 Å². The van der Waals surface area contributed by atoms with E-state index in [2.05, 4.69) is 27.8 Å². The largest absolute Gasteiger partial charge is 0.353 e. The Kier molecular flexibility index (Phi) is 8.17. The van der Waals surface area contributed by atoms with Crippen molar-refractivity contribution in [3.63, 3.8) is 0 Å². The van der Waals surface area contributed by atoms with Gasteiger partial charge in [0.05, 0.1) is 4.90 Å². The van der Waals surface area contributed by atoms with E-state index in [-0.39, 0.29) is 24.0 Å². The molecule has 1 aliphatic rings. The average molecular weight is 464 g/mol. The van der Waals surface area contributed by atoms with E-state index >= 15 is 0 Å². The highest BCUT2D eigenvalue weighted by Crippen LogP contribution is 2.18. The summed E-state index contributed by atoms with van der Waals surface area (Å²) in [6.07, 6.45) is 6.24. The van der Waals surface area contributed by atoms with Crippen molar-refractivity contribution in [1.82, 2.24) is 14.9 Å². The number of guanidine groups is 1. The maximum absolute atomic E-state index is 12.4. The highest BCUT2D eigenvalue weighted by molar-refractivity contribution is 14.0. The first-order valence-corrected chi connectivity index (χ1v) is 9.01. The smallest absolute Gasteiger partial charge is 0.242 e. The van der Waals surface area contributed by atoms with Gasteiger partial charge in [0.2, 0.25) is 10.0 Å². The molecule has 1 aliphatic carbocycles. The average Bonchev–Trinajstić information content (AvgIpc) is 3.04. The Bertz CT molecular complexity index is 694. The molecule has 0 aliphatic heterocycles. The van der Waals surface area contributed by atoms with Gasteiger partial charge in [-0.1, -0.05) is 30.4 Å². The molecule has 2 N–H and O–H groups in total. The van der Waals surface area contributed by atoms with Crippen molar-refractivity contribution < 1.29 is 8.42 Å². The lowest BCUT2D eigenvalue weighted by atomic mass is 10.2. The van der Waals surface area contributed by atoms with Crippen LogP contribution in [-0.2, 0) is 16.6 Å². The second-order valence-corrected chi connectivity index (χ2v) is 7.73. The van der Waals surface area contributed by atoms with Crippen molar-refractivity contribution in [3.05, 3.63) is 42.0 Å². The van der Waals surface area contributed by atoms with Crippen LogP contribution in [0.4, 0.5) is 0 Å². The fraction of sp³-hybridized carbons (Fsp3) is 0.438. The van der Waals surface area contributed by atoms with E-state index in [1.807, 2.05) is 12.1 Å². The number of rotatable bonds is 5. The van der Waals surface area contributed by atoms with E-state index in [1.54, 1.807) is 19.2 Å². The van der Waals surface area contributed by atoms with Gasteiger partial charge in [0.15, 0.2) is 5.96 Å². The Morgan fingerprint density at radius 3 is 2.46 bits per heavy atom. The van der Waals surface area contributed by atoms with E-state index in [4.69, 9.17) is 0 Å². The van der Waals surface area contributed by atoms with Gasteiger partial charge in [-0.3, -0.25) is 4.99 Å². The van der Waals surface area contributed by atoms with Crippen molar-refractivity contribution in [1.29, 1.82) is 0 Å². The Labute approximate surface area is 161 Å². The normalized spacial score (nSPS) is 15.4. The second kappa shape index (κ2) is 9.38. The molecule has 0 saturated heterocycles. The summed E-state index contributed by atoms with van der Waals surface area (Å²) < 4.78 is 26.0. The summed E-state index contributed by atoms with van der Waals surface area (Å²) in [4.78, 5) is 4.52. The molecule has 1 aromatic carbocycles. The van der Waals surface area contributed by atoms with Gasteiger partial charge in [0, 0.05) is 33.7 Å². The van der Waals surface area contributed by atoms with E-state index in [1.165, 1.54) is 18.4 Å². The van der Waals surface area contributed by atoms with Crippen LogP contribution in [0.2, 0.25) is 0 Å². The zero-order valence-corrected chi connectivity index (χ0v) is 17.3. The molecule has 6 nitrogen and oxygen atoms in total. The van der Waals surface area contributed by atoms with Crippen molar-refractivity contribution in [3.8, 4) is 0 Å². The Morgan fingerprint density at radius 2 is 1.88 bits per heavy atom. The summed E-state index contributed by atoms with van der Waals surface area (Å²) in [6.45, 7) is 0.392. The van der Waals surface area contributed by atoms with Gasteiger partial charge < -0.3 is 10.6 Å². The molecular weight excluding hydrogens is 439 g/mol. The van der Waals surface area contributed by atoms with Crippen LogP contribution < -0.4 is 10.6 Å². The standard InChI is InChI=1S/C16H24N4O2S.HI/c1-17-16(19-14-9-5-6-10-14)18-12-13-8-4-7-11-15(13)23(21,22)20(2)3;/h4-8,11,14H,9-10,12H2,1-3H3,(H2,17,18,19);1H. The summed E-state index contributed by atoms with van der Waals surface area (Å²) in [5.41, 5.74) is 0.716. The molecule has 0 atom stereocenters. The highest BCUT2D eigenvalue weighted by Gasteiger charge is 2.20. The molecule has 24 heavy (non-hydrogen) atoms. The van der Waals surface area contributed by atoms with Crippen molar-refractivity contribution in [2.45, 2.75) is 30.3 Å². The molecule has 0 spiro atoms. The molecule has 0 heterocycles. The Balaban J connectivity index is 0.00000288. The van der Waals surface area contributed by atoms with Crippen molar-refractivity contribution in [2.24, 2.45) is 4.99 Å². The predicted octanol–water partition coefficient (Wildman–Crippen LogP) is 1.94. The summed E-state index contributed by atoms with van der Waals surface area (Å²) in [6, 6.07) is 7.36. The molecule has 0 amide bonds. The molecule has 8 heteroatoms. The molecule has 2 rings (SSSR count). The first kappa shape index (κ1) is 20.9. The number of hydrogen-bond acceptors (Lipinski definition) is 3. The zero-order valence-electron chi connectivity index (χ0n) is 14.2. The van der Waals surface area contributed by atoms with Gasteiger partial charge in [0.25, 0.3) is 0 Å². The number of sulfonamides is 1. The second-order valence-electron chi connectivity index (χ2n) is 5.60. The van der Waals surface area contributed by atoms with Crippen LogP contribution in [0, 0.1) is 0 Å². The first-order valence-electron chi connectivity index (χ1n) is 7.57. The maximum Gasteiger partial charge on any atom is 0.242 e. The molecule has 0 radical (unpaired) electrons. The summed E-state index contributed by atoms with van der Waals surface area (Å²) in [7, 11) is 1.32. The third kappa shape index (κ3) is 5.18. The lowest BCUT2D eigenvalue weighted by molar-refractivity contribution is 0.519. The monoisotopic (exact) mass is 464 g/mol. The van der Waals surface area contributed by atoms with Crippen LogP contribution >= 0.6 is 24.0 Å². The van der Waals surface area contributed by atoms with Crippen LogP contribution in [0.5, 0.6) is 0 Å². The minimum Gasteiger partial charge on any atom is -0.353 e. The van der Waals surface area contributed by atoms with Crippen LogP contribution in [0.15, 0.2) is 46.3 Å². The number of halogens is 1. The van der Waals surface area contributed by atoms with Crippen molar-refractivity contribution >= 4 is 40.0 Å². The van der Waals surface area contributed by atoms with E-state index in [9.17, 15) is 8.42 Å². The quantitative estimate of drug-likeness (QED) is 0.303. The van der Waals surface area contributed by atoms with Gasteiger partial charge in [-0.05, 0) is 24.5 Å². The minimum atomic E-state index is -3.46. The van der Waals surface area contributed by atoms with Gasteiger partial charge in [0.1, 0.15) is 0 Å². The van der Waals surface area contributed by atoms with Gasteiger partial charge >= 0.3 is 0 Å². The Hall–Kier alpha value is -1.13. The molecule has 0 unspecified atom stereocenters. The minimum absolute atomic E-state index is 0. The molecular formula is C16H25IN4O2S. The molecule has 0 aromatic heterocycles. The molecule has 0 bridgehead atoms. The summed E-state index contributed by atoms with van der Waals surface area (Å²) >= 11 is 0. The van der Waals surface area contributed by atoms with Crippen molar-refractivity contribution in [2.75, 3.05) is 21.1 Å². The third-order valence-electron chi connectivity index (χ3n) is 3.75. The van der Waals surface area contributed by atoms with Crippen LogP contribution in [-0.4, -0.2) is 45.9 Å². The van der Waals surface area contributed by atoms with E-state index < -0.39 is 10.0 Å². The topological polar surface area (TPSA) is 73.8 Å². The zero-order chi connectivity index (χ0) is 16.9. The number of nitrogens with zero attached hydrogens (tertiary/aromatic N) is 2. The lowest BCUT2D eigenvalue weighted by Gasteiger charge is -2.19. The first-order chi connectivity index (χ1) is 10.9. The third-order valence-corrected chi connectivity index (χ3v) is 5.67. The SMILES string of the molecule is CN=C(NCc1ccccc1S(=O)(=O)N(C)C)NC1CC=CC1.I. The molecule has 0 fully saturated rings. The van der Waals surface area contributed by atoms with Crippen LogP contribution in [0.3, 0.4) is 0 Å². The van der Waals surface area contributed by atoms with Crippen LogP contribution in [0.25, 0.3) is 0 Å². The fourth-order valence-corrected chi connectivity index (χ4v) is 3.52. The fourth-order valence-electron chi connectivity index (χ4n) is 2.40.